The van der Waals surface area contributed by atoms with Crippen LogP contribution in [0.25, 0.3) is 0 Å². The summed E-state index contributed by atoms with van der Waals surface area (Å²) >= 11 is 0. The smallest absolute Gasteiger partial charge is 0.335 e. The van der Waals surface area contributed by atoms with Crippen molar-refractivity contribution in [3.05, 3.63) is 29.6 Å². The lowest BCUT2D eigenvalue weighted by Crippen LogP contribution is -2.39. The van der Waals surface area contributed by atoms with Gasteiger partial charge in [-0.15, -0.1) is 0 Å². The standard InChI is InChI=1S/C9H13FN2O3S.C4H6O6/c1-16(14,15)12-6-2-3-8(10)7(4-6)9(13)5-11;5-1(3(7)8)2(6)4(9)10/h2-4,9,12-13H,5,11H2,1H3;1-2,5-6H,(H,7,8)(H,9,10)/t9-;1-,2-/m01/s1. The molecule has 0 aromatic heterocycles. The number of hydrogen-bond donors (Lipinski definition) is 7. The van der Waals surface area contributed by atoms with Crippen molar-refractivity contribution in [3.63, 3.8) is 0 Å². The highest BCUT2D eigenvalue weighted by molar-refractivity contribution is 7.92. The third kappa shape index (κ3) is 8.17. The molecule has 0 aliphatic heterocycles. The van der Waals surface area contributed by atoms with Gasteiger partial charge in [-0.05, 0) is 18.2 Å². The van der Waals surface area contributed by atoms with Gasteiger partial charge in [-0.3, -0.25) is 4.72 Å². The zero-order valence-corrected chi connectivity index (χ0v) is 14.2. The minimum atomic E-state index is -3.42. The van der Waals surface area contributed by atoms with E-state index in [9.17, 15) is 27.5 Å². The molecule has 0 saturated heterocycles. The molecule has 148 valence electrons. The molecule has 0 aliphatic rings. The van der Waals surface area contributed by atoms with Crippen LogP contribution in [0, 0.1) is 5.82 Å². The number of rotatable bonds is 7. The van der Waals surface area contributed by atoms with Crippen LogP contribution in [0.4, 0.5) is 10.1 Å². The van der Waals surface area contributed by atoms with Crippen molar-refractivity contribution in [2.45, 2.75) is 18.3 Å². The Bertz CT molecular complexity index is 723. The van der Waals surface area contributed by atoms with Crippen LogP contribution in [0.15, 0.2) is 18.2 Å². The first-order valence-corrected chi connectivity index (χ1v) is 8.66. The van der Waals surface area contributed by atoms with Crippen molar-refractivity contribution in [1.29, 1.82) is 0 Å². The van der Waals surface area contributed by atoms with E-state index >= 15 is 0 Å². The fraction of sp³-hybridized carbons (Fsp3) is 0.385. The summed E-state index contributed by atoms with van der Waals surface area (Å²) in [6.45, 7) is -0.140. The van der Waals surface area contributed by atoms with Crippen LogP contribution in [0.2, 0.25) is 0 Å². The van der Waals surface area contributed by atoms with Crippen LogP contribution in [0.3, 0.4) is 0 Å². The Labute approximate surface area is 147 Å². The number of carboxylic acid groups (broad SMARTS) is 2. The molecule has 0 aliphatic carbocycles. The molecule has 0 heterocycles. The summed E-state index contributed by atoms with van der Waals surface area (Å²) in [5.74, 6) is -4.16. The van der Waals surface area contributed by atoms with Gasteiger partial charge in [-0.25, -0.2) is 22.4 Å². The van der Waals surface area contributed by atoms with Gasteiger partial charge in [0, 0.05) is 17.8 Å². The lowest BCUT2D eigenvalue weighted by atomic mass is 10.1. The number of aliphatic hydroxyl groups is 3. The Morgan fingerprint density at radius 2 is 1.62 bits per heavy atom. The number of hydrogen-bond acceptors (Lipinski definition) is 8. The molecule has 0 spiro atoms. The van der Waals surface area contributed by atoms with Gasteiger partial charge in [-0.2, -0.15) is 0 Å². The first-order valence-electron chi connectivity index (χ1n) is 6.77. The number of aliphatic hydroxyl groups excluding tert-OH is 3. The molecular weight excluding hydrogens is 379 g/mol. The molecule has 0 bridgehead atoms. The first kappa shape index (κ1) is 23.7. The van der Waals surface area contributed by atoms with E-state index in [2.05, 4.69) is 4.72 Å². The normalized spacial score (nSPS) is 14.4. The summed E-state index contributed by atoms with van der Waals surface area (Å²) in [5.41, 5.74) is 5.35. The lowest BCUT2D eigenvalue weighted by Gasteiger charge is -2.11. The molecule has 26 heavy (non-hydrogen) atoms. The van der Waals surface area contributed by atoms with E-state index in [1.165, 1.54) is 12.1 Å². The molecule has 0 unspecified atom stereocenters. The zero-order valence-electron chi connectivity index (χ0n) is 13.4. The van der Waals surface area contributed by atoms with E-state index in [0.717, 1.165) is 12.3 Å². The summed E-state index contributed by atoms with van der Waals surface area (Å²) in [5, 5.41) is 41.9. The van der Waals surface area contributed by atoms with Crippen LogP contribution in [-0.2, 0) is 19.6 Å². The van der Waals surface area contributed by atoms with E-state index < -0.39 is 46.1 Å². The Hall–Kier alpha value is -2.32. The third-order valence-electron chi connectivity index (χ3n) is 2.69. The molecule has 0 fully saturated rings. The maximum atomic E-state index is 13.2. The highest BCUT2D eigenvalue weighted by atomic mass is 32.2. The van der Waals surface area contributed by atoms with Crippen molar-refractivity contribution >= 4 is 27.6 Å². The molecule has 0 radical (unpaired) electrons. The molecular formula is C13H19FN2O9S. The lowest BCUT2D eigenvalue weighted by molar-refractivity contribution is -0.165. The first-order chi connectivity index (χ1) is 11.8. The number of nitrogens with two attached hydrogens (primary N) is 1. The molecule has 8 N–H and O–H groups in total. The second-order valence-electron chi connectivity index (χ2n) is 4.93. The van der Waals surface area contributed by atoms with Gasteiger partial charge in [0.15, 0.2) is 12.2 Å². The van der Waals surface area contributed by atoms with Crippen molar-refractivity contribution in [2.24, 2.45) is 5.73 Å². The summed E-state index contributed by atoms with van der Waals surface area (Å²) < 4.78 is 37.3. The van der Waals surface area contributed by atoms with Crippen LogP contribution in [0.1, 0.15) is 11.7 Å². The summed E-state index contributed by atoms with van der Waals surface area (Å²) in [6.07, 6.45) is -4.70. The maximum absolute atomic E-state index is 13.2. The van der Waals surface area contributed by atoms with Gasteiger partial charge < -0.3 is 31.3 Å². The van der Waals surface area contributed by atoms with E-state index in [0.29, 0.717) is 0 Å². The highest BCUT2D eigenvalue weighted by Gasteiger charge is 2.29. The number of benzene rings is 1. The maximum Gasteiger partial charge on any atom is 0.335 e. The fourth-order valence-corrected chi connectivity index (χ4v) is 2.03. The van der Waals surface area contributed by atoms with Crippen molar-refractivity contribution in [1.82, 2.24) is 0 Å². The highest BCUT2D eigenvalue weighted by Crippen LogP contribution is 2.21. The third-order valence-corrected chi connectivity index (χ3v) is 3.29. The zero-order chi connectivity index (χ0) is 20.7. The quantitative estimate of drug-likeness (QED) is 0.270. The summed E-state index contributed by atoms with van der Waals surface area (Å²) in [6, 6.07) is 3.55. The second-order valence-corrected chi connectivity index (χ2v) is 6.68. The molecule has 0 amide bonds. The average molecular weight is 398 g/mol. The number of carboxylic acids is 2. The van der Waals surface area contributed by atoms with Gasteiger partial charge in [0.05, 0.1) is 12.4 Å². The van der Waals surface area contributed by atoms with Gasteiger partial charge in [0.1, 0.15) is 5.82 Å². The average Bonchev–Trinajstić information content (AvgIpc) is 2.53. The Morgan fingerprint density at radius 3 is 1.96 bits per heavy atom. The number of anilines is 1. The van der Waals surface area contributed by atoms with Crippen molar-refractivity contribution in [3.8, 4) is 0 Å². The topological polar surface area (TPSA) is 207 Å². The minimum Gasteiger partial charge on any atom is -0.479 e. The van der Waals surface area contributed by atoms with Crippen LogP contribution in [-0.4, -0.2) is 70.9 Å². The predicted molar refractivity (Wildman–Crippen MR) is 86.2 cm³/mol. The summed E-state index contributed by atoms with van der Waals surface area (Å²) in [4.78, 5) is 19.5. The summed E-state index contributed by atoms with van der Waals surface area (Å²) in [7, 11) is -3.42. The number of sulfonamides is 1. The SMILES string of the molecule is CS(=O)(=O)Nc1ccc(F)c([C@@H](O)CN)c1.O=C(O)[C@H](O)[C@@H](O)C(=O)O. The van der Waals surface area contributed by atoms with Gasteiger partial charge >= 0.3 is 11.9 Å². The van der Waals surface area contributed by atoms with E-state index in [4.69, 9.17) is 26.2 Å². The number of halogens is 1. The van der Waals surface area contributed by atoms with E-state index in [1.54, 1.807) is 0 Å². The van der Waals surface area contributed by atoms with Crippen LogP contribution >= 0.6 is 0 Å². The number of carbonyl (C=O) groups is 2. The molecule has 3 atom stereocenters. The Balaban J connectivity index is 0.000000541. The second kappa shape index (κ2) is 9.98. The Morgan fingerprint density at radius 1 is 1.15 bits per heavy atom. The molecule has 1 aromatic carbocycles. The van der Waals surface area contributed by atoms with Gasteiger partial charge in [0.25, 0.3) is 0 Å². The number of aliphatic carboxylic acids is 2. The monoisotopic (exact) mass is 398 g/mol. The predicted octanol–water partition coefficient (Wildman–Crippen LogP) is -1.93. The van der Waals surface area contributed by atoms with Gasteiger partial charge in [-0.1, -0.05) is 0 Å². The molecule has 0 saturated carbocycles. The molecule has 1 rings (SSSR count). The van der Waals surface area contributed by atoms with Crippen LogP contribution < -0.4 is 10.5 Å². The van der Waals surface area contributed by atoms with E-state index in [1.807, 2.05) is 0 Å². The fourth-order valence-electron chi connectivity index (χ4n) is 1.47. The van der Waals surface area contributed by atoms with Crippen LogP contribution in [0.5, 0.6) is 0 Å². The molecule has 1 aromatic rings. The van der Waals surface area contributed by atoms with Crippen molar-refractivity contribution < 1.29 is 47.9 Å². The van der Waals surface area contributed by atoms with Gasteiger partial charge in [0.2, 0.25) is 10.0 Å². The number of nitrogens with one attached hydrogen (secondary N) is 1. The largest absolute Gasteiger partial charge is 0.479 e. The minimum absolute atomic E-state index is 0.0313. The van der Waals surface area contributed by atoms with Crippen molar-refractivity contribution in [2.75, 3.05) is 17.5 Å². The molecule has 13 heteroatoms. The Kier molecular flexibility index (Phi) is 9.09. The molecule has 11 nitrogen and oxygen atoms in total. The van der Waals surface area contributed by atoms with E-state index in [-0.39, 0.29) is 17.8 Å².